The molecule has 0 aromatic rings. The molecule has 2 nitrogen and oxygen atoms in total. The maximum atomic E-state index is 5.63. The van der Waals surface area contributed by atoms with Crippen LogP contribution in [0.5, 0.6) is 0 Å². The molecule has 0 radical (unpaired) electrons. The zero-order valence-electron chi connectivity index (χ0n) is 8.18. The Balaban J connectivity index is 3.75. The standard InChI is InChI=1S/C8H19ClO2Si/c1-4-8(6-5-7-9)12(10-2)11-3/h8,12H,4-7H2,1-3H3. The third-order valence-corrected chi connectivity index (χ3v) is 4.85. The van der Waals surface area contributed by atoms with Gasteiger partial charge in [0.15, 0.2) is 0 Å². The van der Waals surface area contributed by atoms with E-state index in [2.05, 4.69) is 6.92 Å². The Bertz CT molecular complexity index is 99.1. The summed E-state index contributed by atoms with van der Waals surface area (Å²) in [6.45, 7) is 2.18. The molecule has 4 heteroatoms. The molecule has 0 aromatic heterocycles. The van der Waals surface area contributed by atoms with Crippen LogP contribution in [0.2, 0.25) is 5.54 Å². The van der Waals surface area contributed by atoms with E-state index in [1.807, 2.05) is 0 Å². The van der Waals surface area contributed by atoms with Crippen molar-refractivity contribution in [3.63, 3.8) is 0 Å². The van der Waals surface area contributed by atoms with Crippen molar-refractivity contribution in [2.24, 2.45) is 0 Å². The molecular formula is C8H19ClO2Si. The quantitative estimate of drug-likeness (QED) is 0.474. The van der Waals surface area contributed by atoms with Gasteiger partial charge in [0.25, 0.3) is 0 Å². The van der Waals surface area contributed by atoms with Gasteiger partial charge >= 0.3 is 9.28 Å². The van der Waals surface area contributed by atoms with Crippen LogP contribution >= 0.6 is 11.6 Å². The topological polar surface area (TPSA) is 18.5 Å². The van der Waals surface area contributed by atoms with Gasteiger partial charge in [-0.3, -0.25) is 0 Å². The summed E-state index contributed by atoms with van der Waals surface area (Å²) in [6, 6.07) is 0. The van der Waals surface area contributed by atoms with Gasteiger partial charge in [0.2, 0.25) is 0 Å². The summed E-state index contributed by atoms with van der Waals surface area (Å²) in [5, 5.41) is 0. The molecule has 12 heavy (non-hydrogen) atoms. The van der Waals surface area contributed by atoms with Crippen LogP contribution < -0.4 is 0 Å². The molecule has 0 saturated heterocycles. The van der Waals surface area contributed by atoms with Crippen molar-refractivity contribution in [3.8, 4) is 0 Å². The first-order chi connectivity index (χ1) is 5.79. The van der Waals surface area contributed by atoms with E-state index in [1.165, 1.54) is 0 Å². The minimum Gasteiger partial charge on any atom is -0.400 e. The second kappa shape index (κ2) is 8.04. The molecule has 0 N–H and O–H groups in total. The fraction of sp³-hybridized carbons (Fsp3) is 1.00. The summed E-state index contributed by atoms with van der Waals surface area (Å²) in [5.74, 6) is 0.741. The van der Waals surface area contributed by atoms with Crippen molar-refractivity contribution in [2.75, 3.05) is 20.1 Å². The van der Waals surface area contributed by atoms with Crippen molar-refractivity contribution in [2.45, 2.75) is 31.7 Å². The predicted octanol–water partition coefficient (Wildman–Crippen LogP) is 2.30. The summed E-state index contributed by atoms with van der Waals surface area (Å²) in [5.41, 5.74) is 0.610. The van der Waals surface area contributed by atoms with Gasteiger partial charge in [0, 0.05) is 20.1 Å². The van der Waals surface area contributed by atoms with Gasteiger partial charge in [-0.05, 0) is 18.4 Å². The molecule has 74 valence electrons. The molecule has 1 unspecified atom stereocenters. The van der Waals surface area contributed by atoms with Crippen LogP contribution in [0.25, 0.3) is 0 Å². The molecule has 0 saturated carbocycles. The van der Waals surface area contributed by atoms with Crippen LogP contribution in [-0.2, 0) is 8.85 Å². The molecule has 0 fully saturated rings. The second-order valence-corrected chi connectivity index (χ2v) is 5.84. The highest BCUT2D eigenvalue weighted by Crippen LogP contribution is 2.22. The Labute approximate surface area is 82.0 Å². The van der Waals surface area contributed by atoms with E-state index in [0.717, 1.165) is 25.1 Å². The first-order valence-corrected chi connectivity index (χ1v) is 6.56. The lowest BCUT2D eigenvalue weighted by atomic mass is 10.2. The first-order valence-electron chi connectivity index (χ1n) is 4.41. The van der Waals surface area contributed by atoms with Crippen LogP contribution in [0, 0.1) is 0 Å². The molecule has 0 aliphatic rings. The maximum absolute atomic E-state index is 5.63. The minimum atomic E-state index is -1.40. The number of alkyl halides is 1. The van der Waals surface area contributed by atoms with Gasteiger partial charge in [-0.1, -0.05) is 13.3 Å². The van der Waals surface area contributed by atoms with Crippen LogP contribution in [0.1, 0.15) is 26.2 Å². The summed E-state index contributed by atoms with van der Waals surface area (Å²) in [6.07, 6.45) is 3.34. The van der Waals surface area contributed by atoms with Crippen molar-refractivity contribution >= 4 is 20.9 Å². The summed E-state index contributed by atoms with van der Waals surface area (Å²) < 4.78 is 10.6. The van der Waals surface area contributed by atoms with E-state index in [-0.39, 0.29) is 0 Å². The molecule has 0 heterocycles. The largest absolute Gasteiger partial charge is 0.400 e. The van der Waals surface area contributed by atoms with E-state index in [9.17, 15) is 0 Å². The van der Waals surface area contributed by atoms with Crippen LogP contribution in [0.4, 0.5) is 0 Å². The second-order valence-electron chi connectivity index (χ2n) is 2.84. The van der Waals surface area contributed by atoms with E-state index >= 15 is 0 Å². The molecule has 0 rings (SSSR count). The van der Waals surface area contributed by atoms with Gasteiger partial charge in [-0.25, -0.2) is 0 Å². The third-order valence-electron chi connectivity index (χ3n) is 2.08. The third kappa shape index (κ3) is 4.45. The van der Waals surface area contributed by atoms with Crippen molar-refractivity contribution in [3.05, 3.63) is 0 Å². The molecular weight excluding hydrogens is 192 g/mol. The lowest BCUT2D eigenvalue weighted by Crippen LogP contribution is -2.26. The summed E-state index contributed by atoms with van der Waals surface area (Å²) in [7, 11) is 2.08. The number of rotatable bonds is 7. The Morgan fingerprint density at radius 3 is 2.25 bits per heavy atom. The zero-order chi connectivity index (χ0) is 9.40. The molecule has 0 amide bonds. The lowest BCUT2D eigenvalue weighted by Gasteiger charge is -2.20. The highest BCUT2D eigenvalue weighted by Gasteiger charge is 2.21. The fourth-order valence-corrected chi connectivity index (χ4v) is 3.36. The van der Waals surface area contributed by atoms with Gasteiger partial charge in [-0.2, -0.15) is 0 Å². The van der Waals surface area contributed by atoms with Crippen molar-refractivity contribution < 1.29 is 8.85 Å². The Hall–Kier alpha value is 0.427. The number of hydrogen-bond acceptors (Lipinski definition) is 2. The summed E-state index contributed by atoms with van der Waals surface area (Å²) >= 11 is 5.63. The van der Waals surface area contributed by atoms with Gasteiger partial charge in [-0.15, -0.1) is 11.6 Å². The molecule has 0 aliphatic carbocycles. The lowest BCUT2D eigenvalue weighted by molar-refractivity contribution is 0.261. The van der Waals surface area contributed by atoms with E-state index in [4.69, 9.17) is 20.5 Å². The average Bonchev–Trinajstić information content (AvgIpc) is 2.12. The Morgan fingerprint density at radius 2 is 1.92 bits per heavy atom. The highest BCUT2D eigenvalue weighted by atomic mass is 35.5. The molecule has 0 bridgehead atoms. The number of hydrogen-bond donors (Lipinski definition) is 0. The van der Waals surface area contributed by atoms with Crippen LogP contribution in [-0.4, -0.2) is 29.4 Å². The predicted molar refractivity (Wildman–Crippen MR) is 55.2 cm³/mol. The average molecular weight is 211 g/mol. The Morgan fingerprint density at radius 1 is 1.33 bits per heavy atom. The maximum Gasteiger partial charge on any atom is 0.324 e. The summed E-state index contributed by atoms with van der Waals surface area (Å²) in [4.78, 5) is 0. The zero-order valence-corrected chi connectivity index (χ0v) is 10.1. The molecule has 1 atom stereocenters. The minimum absolute atomic E-state index is 0.610. The highest BCUT2D eigenvalue weighted by molar-refractivity contribution is 6.46. The first kappa shape index (κ1) is 12.4. The van der Waals surface area contributed by atoms with E-state index < -0.39 is 9.28 Å². The van der Waals surface area contributed by atoms with Gasteiger partial charge < -0.3 is 8.85 Å². The Kier molecular flexibility index (Phi) is 8.33. The number of halogens is 1. The molecule has 0 aromatic carbocycles. The van der Waals surface area contributed by atoms with Gasteiger partial charge in [0.05, 0.1) is 0 Å². The normalized spacial score (nSPS) is 13.8. The van der Waals surface area contributed by atoms with Crippen molar-refractivity contribution in [1.82, 2.24) is 0 Å². The van der Waals surface area contributed by atoms with Crippen LogP contribution in [0.15, 0.2) is 0 Å². The van der Waals surface area contributed by atoms with E-state index in [0.29, 0.717) is 5.54 Å². The van der Waals surface area contributed by atoms with Crippen LogP contribution in [0.3, 0.4) is 0 Å². The van der Waals surface area contributed by atoms with E-state index in [1.54, 1.807) is 14.2 Å². The van der Waals surface area contributed by atoms with Gasteiger partial charge in [0.1, 0.15) is 0 Å². The molecule has 0 spiro atoms. The SMILES string of the molecule is CCC(CCCCl)[SiH](OC)OC. The monoisotopic (exact) mass is 210 g/mol. The molecule has 0 aliphatic heterocycles. The smallest absolute Gasteiger partial charge is 0.324 e. The fourth-order valence-electron chi connectivity index (χ4n) is 1.35. The van der Waals surface area contributed by atoms with Crippen molar-refractivity contribution in [1.29, 1.82) is 0 Å².